The fourth-order valence-electron chi connectivity index (χ4n) is 6.35. The summed E-state index contributed by atoms with van der Waals surface area (Å²) in [7, 11) is 1.88. The molecule has 0 aromatic rings. The van der Waals surface area contributed by atoms with Crippen molar-refractivity contribution in [1.29, 1.82) is 0 Å². The molecule has 0 radical (unpaired) electrons. The van der Waals surface area contributed by atoms with Crippen LogP contribution < -0.4 is 0 Å². The molecular formula is C25H38N4O3. The maximum Gasteiger partial charge on any atom is 0.253 e. The number of allylic oxidation sites excluding steroid dienone is 3. The van der Waals surface area contributed by atoms with Gasteiger partial charge >= 0.3 is 0 Å². The van der Waals surface area contributed by atoms with Crippen LogP contribution in [0.2, 0.25) is 0 Å². The highest BCUT2D eigenvalue weighted by Crippen LogP contribution is 2.58. The third-order valence-corrected chi connectivity index (χ3v) is 8.61. The van der Waals surface area contributed by atoms with Gasteiger partial charge in [0.05, 0.1) is 5.57 Å². The summed E-state index contributed by atoms with van der Waals surface area (Å²) in [6.07, 6.45) is 8.63. The lowest BCUT2D eigenvalue weighted by Gasteiger charge is -2.40. The lowest BCUT2D eigenvalue weighted by atomic mass is 9.98. The highest BCUT2D eigenvalue weighted by molar-refractivity contribution is 5.94. The Kier molecular flexibility index (Phi) is 5.63. The van der Waals surface area contributed by atoms with Crippen LogP contribution >= 0.6 is 0 Å². The van der Waals surface area contributed by atoms with Crippen LogP contribution in [-0.4, -0.2) is 94.4 Å². The van der Waals surface area contributed by atoms with Gasteiger partial charge in [-0.05, 0) is 63.5 Å². The summed E-state index contributed by atoms with van der Waals surface area (Å²) in [5, 5.41) is 20.9. The van der Waals surface area contributed by atoms with Crippen LogP contribution in [0.15, 0.2) is 34.8 Å². The molecule has 2 heterocycles. The van der Waals surface area contributed by atoms with Crippen molar-refractivity contribution in [2.24, 2.45) is 11.3 Å². The van der Waals surface area contributed by atoms with Gasteiger partial charge in [0, 0.05) is 51.0 Å². The Balaban J connectivity index is 1.21. The minimum atomic E-state index is -0.658. The van der Waals surface area contributed by atoms with E-state index in [1.165, 1.54) is 24.8 Å². The number of hydrogen-bond donors (Lipinski definition) is 2. The number of nitrogens with zero attached hydrogens (tertiary/aromatic N) is 4. The van der Waals surface area contributed by atoms with Crippen molar-refractivity contribution >= 4 is 5.91 Å². The Hall–Kier alpha value is -1.83. The minimum Gasteiger partial charge on any atom is -0.507 e. The maximum absolute atomic E-state index is 13.2. The third kappa shape index (κ3) is 3.88. The number of carbonyl (C=O) groups is 1. The Bertz CT molecular complexity index is 872. The fraction of sp³-hybridized carbons (Fsp3) is 0.720. The average Bonchev–Trinajstić information content (AvgIpc) is 3.31. The lowest BCUT2D eigenvalue weighted by molar-refractivity contribution is -0.129. The highest BCUT2D eigenvalue weighted by atomic mass is 16.3. The summed E-state index contributed by atoms with van der Waals surface area (Å²) in [6, 6.07) is 0.509. The summed E-state index contributed by atoms with van der Waals surface area (Å²) in [4.78, 5) is 21.4. The number of rotatable bonds is 3. The molecule has 7 nitrogen and oxygen atoms in total. The van der Waals surface area contributed by atoms with Crippen molar-refractivity contribution in [3.05, 3.63) is 34.8 Å². The van der Waals surface area contributed by atoms with Crippen molar-refractivity contribution < 1.29 is 15.0 Å². The number of carbonyl (C=O) groups excluding carboxylic acids is 1. The number of hydrogen-bond acceptors (Lipinski definition) is 6. The molecule has 1 saturated carbocycles. The van der Waals surface area contributed by atoms with Gasteiger partial charge in [-0.1, -0.05) is 18.6 Å². The van der Waals surface area contributed by atoms with Gasteiger partial charge < -0.3 is 20.0 Å². The molecule has 3 aliphatic carbocycles. The molecule has 1 amide bonds. The van der Waals surface area contributed by atoms with E-state index in [0.717, 1.165) is 37.8 Å². The van der Waals surface area contributed by atoms with Crippen LogP contribution in [-0.2, 0) is 4.79 Å². The maximum atomic E-state index is 13.2. The zero-order chi connectivity index (χ0) is 22.6. The molecule has 4 atom stereocenters. The van der Waals surface area contributed by atoms with Gasteiger partial charge in [0.2, 0.25) is 0 Å². The topological polar surface area (TPSA) is 70.5 Å². The van der Waals surface area contributed by atoms with E-state index in [1.54, 1.807) is 6.08 Å². The molecule has 3 fully saturated rings. The molecule has 0 aromatic heterocycles. The van der Waals surface area contributed by atoms with Gasteiger partial charge in [0.15, 0.2) is 6.35 Å². The fourth-order valence-corrected chi connectivity index (χ4v) is 6.35. The van der Waals surface area contributed by atoms with Crippen LogP contribution in [0.1, 0.15) is 46.0 Å². The molecule has 7 heteroatoms. The van der Waals surface area contributed by atoms with Gasteiger partial charge in [0.25, 0.3) is 5.91 Å². The zero-order valence-electron chi connectivity index (χ0n) is 19.8. The summed E-state index contributed by atoms with van der Waals surface area (Å²) in [6.45, 7) is 9.42. The number of piperazine rings is 1. The first-order chi connectivity index (χ1) is 15.3. The summed E-state index contributed by atoms with van der Waals surface area (Å²) >= 11 is 0. The number of likely N-dealkylation sites (N-methyl/N-ethyl adjacent to an activating group) is 1. The quantitative estimate of drug-likeness (QED) is 0.654. The van der Waals surface area contributed by atoms with Crippen LogP contribution in [0.25, 0.3) is 0 Å². The molecule has 0 spiro atoms. The number of aliphatic hydroxyl groups is 2. The van der Waals surface area contributed by atoms with E-state index < -0.39 is 6.35 Å². The van der Waals surface area contributed by atoms with E-state index in [-0.39, 0.29) is 11.7 Å². The van der Waals surface area contributed by atoms with Gasteiger partial charge in [-0.3, -0.25) is 14.6 Å². The normalized spacial score (nSPS) is 36.6. The molecule has 176 valence electrons. The van der Waals surface area contributed by atoms with E-state index in [4.69, 9.17) is 0 Å². The minimum absolute atomic E-state index is 0.0292. The van der Waals surface area contributed by atoms with Gasteiger partial charge in [-0.15, -0.1) is 0 Å². The number of aliphatic hydroxyl groups excluding tert-OH is 2. The SMILES string of the molecule is CC1=CC2(C)CC2CCC1N1CCN(C(=O)C2=C(O)C=C(N3CCN(C)C3O)CC2)CC1. The van der Waals surface area contributed by atoms with Crippen LogP contribution in [0.3, 0.4) is 0 Å². The molecule has 2 aliphatic heterocycles. The highest BCUT2D eigenvalue weighted by Gasteiger charge is 2.49. The van der Waals surface area contributed by atoms with E-state index in [9.17, 15) is 15.0 Å². The van der Waals surface area contributed by atoms with Gasteiger partial charge in [0.1, 0.15) is 5.76 Å². The number of fused-ring (bicyclic) bond motifs is 1. The predicted octanol–water partition coefficient (Wildman–Crippen LogP) is 2.28. The molecule has 4 unspecified atom stereocenters. The molecule has 0 bridgehead atoms. The molecule has 2 N–H and O–H groups in total. The standard InChI is InChI=1S/C25H38N4O3/c1-17-15-25(2)16-18(25)4-7-21(17)27-9-11-28(12-10-27)23(31)20-6-5-19(14-22(20)30)29-13-8-26(3)24(29)32/h14-15,18,21,24,30,32H,4-13,16H2,1-3H3. The Labute approximate surface area is 191 Å². The first kappa shape index (κ1) is 22.0. The second-order valence-corrected chi connectivity index (χ2v) is 10.7. The third-order valence-electron chi connectivity index (χ3n) is 8.61. The van der Waals surface area contributed by atoms with E-state index in [2.05, 4.69) is 24.8 Å². The molecule has 0 aromatic carbocycles. The van der Waals surface area contributed by atoms with Gasteiger partial charge in [-0.25, -0.2) is 0 Å². The van der Waals surface area contributed by atoms with Crippen molar-refractivity contribution in [3.63, 3.8) is 0 Å². The molecule has 32 heavy (non-hydrogen) atoms. The number of amides is 1. The molecular weight excluding hydrogens is 404 g/mol. The Morgan fingerprint density at radius 1 is 1.09 bits per heavy atom. The molecule has 5 aliphatic rings. The zero-order valence-corrected chi connectivity index (χ0v) is 19.8. The average molecular weight is 443 g/mol. The molecule has 5 rings (SSSR count). The first-order valence-electron chi connectivity index (χ1n) is 12.3. The lowest BCUT2D eigenvalue weighted by Crippen LogP contribution is -2.52. The first-order valence-corrected chi connectivity index (χ1v) is 12.3. The predicted molar refractivity (Wildman–Crippen MR) is 123 cm³/mol. The van der Waals surface area contributed by atoms with Crippen molar-refractivity contribution in [2.45, 2.75) is 58.3 Å². The summed E-state index contributed by atoms with van der Waals surface area (Å²) < 4.78 is 0. The summed E-state index contributed by atoms with van der Waals surface area (Å²) in [5.74, 6) is 0.903. The van der Waals surface area contributed by atoms with Gasteiger partial charge in [-0.2, -0.15) is 0 Å². The van der Waals surface area contributed by atoms with Crippen molar-refractivity contribution in [3.8, 4) is 0 Å². The molecule has 2 saturated heterocycles. The largest absolute Gasteiger partial charge is 0.507 e. The Morgan fingerprint density at radius 3 is 2.50 bits per heavy atom. The van der Waals surface area contributed by atoms with Crippen LogP contribution in [0, 0.1) is 11.3 Å². The second kappa shape index (κ2) is 8.19. The monoisotopic (exact) mass is 442 g/mol. The van der Waals surface area contributed by atoms with E-state index >= 15 is 0 Å². The second-order valence-electron chi connectivity index (χ2n) is 10.7. The van der Waals surface area contributed by atoms with Crippen molar-refractivity contribution in [2.75, 3.05) is 46.3 Å². The Morgan fingerprint density at radius 2 is 1.84 bits per heavy atom. The smallest absolute Gasteiger partial charge is 0.253 e. The van der Waals surface area contributed by atoms with E-state index in [1.807, 2.05) is 21.7 Å². The van der Waals surface area contributed by atoms with Crippen molar-refractivity contribution in [1.82, 2.24) is 19.6 Å². The summed E-state index contributed by atoms with van der Waals surface area (Å²) in [5.41, 5.74) is 3.37. The van der Waals surface area contributed by atoms with Crippen LogP contribution in [0.4, 0.5) is 0 Å². The van der Waals surface area contributed by atoms with E-state index in [0.29, 0.717) is 43.0 Å². The van der Waals surface area contributed by atoms with Crippen LogP contribution in [0.5, 0.6) is 0 Å².